The van der Waals surface area contributed by atoms with Crippen LogP contribution in [0.1, 0.15) is 31.9 Å². The summed E-state index contributed by atoms with van der Waals surface area (Å²) in [5, 5.41) is 4.70. The first-order chi connectivity index (χ1) is 9.47. The van der Waals surface area contributed by atoms with Gasteiger partial charge in [-0.3, -0.25) is 0 Å². The molecule has 2 atom stereocenters. The lowest BCUT2D eigenvalue weighted by Gasteiger charge is -2.33. The Morgan fingerprint density at radius 2 is 2.15 bits per heavy atom. The quantitative estimate of drug-likeness (QED) is 0.883. The first-order valence-electron chi connectivity index (χ1n) is 7.30. The molecular weight excluding hydrogens is 288 g/mol. The van der Waals surface area contributed by atoms with Gasteiger partial charge in [-0.05, 0) is 55.9 Å². The predicted molar refractivity (Wildman–Crippen MR) is 89.8 cm³/mol. The molecule has 1 heterocycles. The molecule has 1 aliphatic heterocycles. The van der Waals surface area contributed by atoms with E-state index in [1.807, 2.05) is 17.8 Å². The van der Waals surface area contributed by atoms with Gasteiger partial charge in [0.1, 0.15) is 0 Å². The summed E-state index contributed by atoms with van der Waals surface area (Å²) in [5.41, 5.74) is 1.37. The molecule has 0 saturated heterocycles. The minimum atomic E-state index is 0.428. The van der Waals surface area contributed by atoms with Crippen molar-refractivity contribution in [2.45, 2.75) is 37.2 Å². The molecule has 0 saturated carbocycles. The van der Waals surface area contributed by atoms with E-state index in [4.69, 9.17) is 11.6 Å². The number of nitrogens with one attached hydrogen (secondary N) is 1. The van der Waals surface area contributed by atoms with Crippen LogP contribution in [0.25, 0.3) is 0 Å². The lowest BCUT2D eigenvalue weighted by Crippen LogP contribution is -2.44. The van der Waals surface area contributed by atoms with Crippen LogP contribution in [-0.4, -0.2) is 37.3 Å². The van der Waals surface area contributed by atoms with Crippen LogP contribution < -0.4 is 5.32 Å². The molecule has 0 amide bonds. The van der Waals surface area contributed by atoms with Gasteiger partial charge in [0.2, 0.25) is 0 Å². The highest BCUT2D eigenvalue weighted by Crippen LogP contribution is 2.38. The van der Waals surface area contributed by atoms with E-state index >= 15 is 0 Å². The fraction of sp³-hybridized carbons (Fsp3) is 0.625. The zero-order chi connectivity index (χ0) is 14.7. The number of benzene rings is 1. The number of fused-ring (bicyclic) bond motifs is 1. The molecule has 2 nitrogen and oxygen atoms in total. The second-order valence-corrected chi connectivity index (χ2v) is 7.72. The summed E-state index contributed by atoms with van der Waals surface area (Å²) in [5.74, 6) is 1.80. The first kappa shape index (κ1) is 16.2. The highest BCUT2D eigenvalue weighted by molar-refractivity contribution is 7.99. The maximum absolute atomic E-state index is 6.18. The fourth-order valence-electron chi connectivity index (χ4n) is 2.65. The Morgan fingerprint density at radius 1 is 1.40 bits per heavy atom. The molecule has 0 bridgehead atoms. The molecule has 1 aromatic carbocycles. The van der Waals surface area contributed by atoms with Crippen LogP contribution in [0.5, 0.6) is 0 Å². The maximum atomic E-state index is 6.18. The molecule has 0 fully saturated rings. The van der Waals surface area contributed by atoms with Crippen LogP contribution >= 0.6 is 23.4 Å². The van der Waals surface area contributed by atoms with Gasteiger partial charge < -0.3 is 10.2 Å². The SMILES string of the molecule is CC(C)C(CN(C)C)NC1CCSc2ccc(Cl)cc21. The van der Waals surface area contributed by atoms with Crippen molar-refractivity contribution in [3.8, 4) is 0 Å². The average molecular weight is 313 g/mol. The van der Waals surface area contributed by atoms with Gasteiger partial charge in [-0.2, -0.15) is 0 Å². The topological polar surface area (TPSA) is 15.3 Å². The molecule has 0 aliphatic carbocycles. The zero-order valence-corrected chi connectivity index (χ0v) is 14.4. The minimum Gasteiger partial charge on any atom is -0.308 e. The third-order valence-corrected chi connectivity index (χ3v) is 5.15. The number of halogens is 1. The van der Waals surface area contributed by atoms with Crippen LogP contribution in [0.3, 0.4) is 0 Å². The Balaban J connectivity index is 2.15. The van der Waals surface area contributed by atoms with Gasteiger partial charge in [-0.15, -0.1) is 11.8 Å². The molecule has 1 aliphatic rings. The van der Waals surface area contributed by atoms with Crippen LogP contribution in [0.2, 0.25) is 5.02 Å². The summed E-state index contributed by atoms with van der Waals surface area (Å²) in [6.45, 7) is 5.65. The second kappa shape index (κ2) is 7.17. The van der Waals surface area contributed by atoms with E-state index < -0.39 is 0 Å². The van der Waals surface area contributed by atoms with E-state index in [9.17, 15) is 0 Å². The summed E-state index contributed by atoms with van der Waals surface area (Å²) < 4.78 is 0. The van der Waals surface area contributed by atoms with Crippen LogP contribution in [0.4, 0.5) is 0 Å². The number of nitrogens with zero attached hydrogens (tertiary/aromatic N) is 1. The van der Waals surface area contributed by atoms with Crippen molar-refractivity contribution in [2.75, 3.05) is 26.4 Å². The van der Waals surface area contributed by atoms with Gasteiger partial charge in [0.25, 0.3) is 0 Å². The van der Waals surface area contributed by atoms with Gasteiger partial charge in [0.05, 0.1) is 0 Å². The highest BCUT2D eigenvalue weighted by atomic mass is 35.5. The Labute approximate surface area is 132 Å². The second-order valence-electron chi connectivity index (χ2n) is 6.15. The summed E-state index contributed by atoms with van der Waals surface area (Å²) in [4.78, 5) is 3.64. The van der Waals surface area contributed by atoms with Crippen molar-refractivity contribution in [1.29, 1.82) is 0 Å². The number of hydrogen-bond acceptors (Lipinski definition) is 3. The molecule has 0 spiro atoms. The van der Waals surface area contributed by atoms with Crippen molar-refractivity contribution in [3.05, 3.63) is 28.8 Å². The Hall–Kier alpha value is -0.220. The number of thioether (sulfide) groups is 1. The third-order valence-electron chi connectivity index (χ3n) is 3.79. The van der Waals surface area contributed by atoms with E-state index in [1.165, 1.54) is 22.6 Å². The molecule has 0 radical (unpaired) electrons. The van der Waals surface area contributed by atoms with Gasteiger partial charge in [0, 0.05) is 28.5 Å². The maximum Gasteiger partial charge on any atom is 0.0410 e. The summed E-state index contributed by atoms with van der Waals surface area (Å²) in [7, 11) is 4.27. The summed E-state index contributed by atoms with van der Waals surface area (Å²) in [6.07, 6.45) is 1.18. The molecule has 2 rings (SSSR count). The Bertz CT molecular complexity index is 448. The van der Waals surface area contributed by atoms with Gasteiger partial charge in [-0.25, -0.2) is 0 Å². The Kier molecular flexibility index (Phi) is 5.79. The molecule has 20 heavy (non-hydrogen) atoms. The van der Waals surface area contributed by atoms with Gasteiger partial charge >= 0.3 is 0 Å². The van der Waals surface area contributed by atoms with E-state index in [-0.39, 0.29) is 0 Å². The lowest BCUT2D eigenvalue weighted by atomic mass is 9.98. The van der Waals surface area contributed by atoms with E-state index in [2.05, 4.69) is 50.3 Å². The molecule has 1 aromatic rings. The van der Waals surface area contributed by atoms with Crippen molar-refractivity contribution >= 4 is 23.4 Å². The smallest absolute Gasteiger partial charge is 0.0410 e. The monoisotopic (exact) mass is 312 g/mol. The summed E-state index contributed by atoms with van der Waals surface area (Å²) >= 11 is 8.12. The number of likely N-dealkylation sites (N-methyl/N-ethyl adjacent to an activating group) is 1. The van der Waals surface area contributed by atoms with Gasteiger partial charge in [-0.1, -0.05) is 25.4 Å². The summed E-state index contributed by atoms with van der Waals surface area (Å²) in [6, 6.07) is 7.22. The molecule has 2 unspecified atom stereocenters. The first-order valence-corrected chi connectivity index (χ1v) is 8.66. The van der Waals surface area contributed by atoms with Crippen molar-refractivity contribution in [2.24, 2.45) is 5.92 Å². The standard InChI is InChI=1S/C16H25ClN2S/c1-11(2)15(10-19(3)4)18-14-7-8-20-16-6-5-12(17)9-13(14)16/h5-6,9,11,14-15,18H,7-8,10H2,1-4H3. The zero-order valence-electron chi connectivity index (χ0n) is 12.8. The van der Waals surface area contributed by atoms with E-state index in [0.29, 0.717) is 18.0 Å². The van der Waals surface area contributed by atoms with Crippen molar-refractivity contribution < 1.29 is 0 Å². The van der Waals surface area contributed by atoms with Crippen molar-refractivity contribution in [1.82, 2.24) is 10.2 Å². The molecule has 0 aromatic heterocycles. The fourth-order valence-corrected chi connectivity index (χ4v) is 3.93. The van der Waals surface area contributed by atoms with Crippen molar-refractivity contribution in [3.63, 3.8) is 0 Å². The van der Waals surface area contributed by atoms with Crippen LogP contribution in [0, 0.1) is 5.92 Å². The normalized spacial score (nSPS) is 20.2. The molecule has 4 heteroatoms. The van der Waals surface area contributed by atoms with E-state index in [0.717, 1.165) is 11.6 Å². The van der Waals surface area contributed by atoms with E-state index in [1.54, 1.807) is 0 Å². The van der Waals surface area contributed by atoms with Gasteiger partial charge in [0.15, 0.2) is 0 Å². The number of hydrogen-bond donors (Lipinski definition) is 1. The largest absolute Gasteiger partial charge is 0.308 e. The number of rotatable bonds is 5. The molecule has 112 valence electrons. The van der Waals surface area contributed by atoms with Crippen LogP contribution in [-0.2, 0) is 0 Å². The molecule has 1 N–H and O–H groups in total. The average Bonchev–Trinajstić information content (AvgIpc) is 2.38. The third kappa shape index (κ3) is 4.14. The minimum absolute atomic E-state index is 0.428. The lowest BCUT2D eigenvalue weighted by molar-refractivity contribution is 0.265. The Morgan fingerprint density at radius 3 is 2.80 bits per heavy atom. The van der Waals surface area contributed by atoms with Crippen LogP contribution in [0.15, 0.2) is 23.1 Å². The highest BCUT2D eigenvalue weighted by Gasteiger charge is 2.25. The predicted octanol–water partition coefficient (Wildman–Crippen LogP) is 4.05. The molecular formula is C16H25ClN2S.